The number of carbonyl (C=O) groups is 1. The molecule has 2 aromatic carbocycles. The van der Waals surface area contributed by atoms with Crippen molar-refractivity contribution in [3.63, 3.8) is 0 Å². The summed E-state index contributed by atoms with van der Waals surface area (Å²) in [7, 11) is -2.59. The minimum absolute atomic E-state index is 0.0650. The Kier molecular flexibility index (Phi) is 6.49. The fourth-order valence-corrected chi connectivity index (χ4v) is 4.83. The van der Waals surface area contributed by atoms with Crippen molar-refractivity contribution in [1.82, 2.24) is 9.62 Å². The number of piperidine rings is 1. The van der Waals surface area contributed by atoms with Crippen LogP contribution in [0.2, 0.25) is 0 Å². The molecule has 0 radical (unpaired) electrons. The number of hydrogen-bond acceptors (Lipinski definition) is 4. The number of nitrogens with zero attached hydrogens (tertiary/aromatic N) is 1. The van der Waals surface area contributed by atoms with Gasteiger partial charge in [-0.2, -0.15) is 4.31 Å². The van der Waals surface area contributed by atoms with E-state index in [2.05, 4.69) is 5.32 Å². The van der Waals surface area contributed by atoms with Crippen molar-refractivity contribution in [1.29, 1.82) is 0 Å². The third-order valence-electron chi connectivity index (χ3n) is 4.94. The summed E-state index contributed by atoms with van der Waals surface area (Å²) >= 11 is 0. The molecule has 0 unspecified atom stereocenters. The maximum Gasteiger partial charge on any atom is 0.246 e. The zero-order valence-electron chi connectivity index (χ0n) is 15.9. The number of hydrogen-bond donors (Lipinski definition) is 1. The summed E-state index contributed by atoms with van der Waals surface area (Å²) in [5, 5.41) is 2.85. The zero-order chi connectivity index (χ0) is 21.0. The molecule has 1 aliphatic rings. The molecule has 2 aromatic rings. The standard InChI is InChI=1S/C20H22F2N2O4S/c1-28-17-4-2-3-14(11-17)13-23-20(25)15-7-9-24(10-8-15)29(26,27)19-12-16(21)5-6-18(19)22/h2-6,11-12,15H,7-10,13H2,1H3,(H,23,25). The summed E-state index contributed by atoms with van der Waals surface area (Å²) in [5.74, 6) is -1.63. The Bertz CT molecular complexity index is 990. The first kappa shape index (κ1) is 21.2. The molecule has 1 saturated heterocycles. The van der Waals surface area contributed by atoms with Crippen molar-refractivity contribution >= 4 is 15.9 Å². The second-order valence-corrected chi connectivity index (χ2v) is 8.73. The first-order chi connectivity index (χ1) is 13.8. The van der Waals surface area contributed by atoms with Crippen molar-refractivity contribution in [3.8, 4) is 5.75 Å². The van der Waals surface area contributed by atoms with Gasteiger partial charge in [-0.1, -0.05) is 12.1 Å². The van der Waals surface area contributed by atoms with Gasteiger partial charge >= 0.3 is 0 Å². The lowest BCUT2D eigenvalue weighted by molar-refractivity contribution is -0.126. The normalized spacial score (nSPS) is 15.8. The molecule has 1 fully saturated rings. The maximum atomic E-state index is 13.9. The number of carbonyl (C=O) groups excluding carboxylic acids is 1. The molecule has 1 N–H and O–H groups in total. The first-order valence-corrected chi connectivity index (χ1v) is 10.6. The average Bonchev–Trinajstić information content (AvgIpc) is 2.74. The molecule has 3 rings (SSSR count). The molecule has 1 amide bonds. The minimum Gasteiger partial charge on any atom is -0.497 e. The van der Waals surface area contributed by atoms with Crippen LogP contribution in [-0.2, 0) is 21.4 Å². The zero-order valence-corrected chi connectivity index (χ0v) is 16.7. The quantitative estimate of drug-likeness (QED) is 0.774. The minimum atomic E-state index is -4.15. The van der Waals surface area contributed by atoms with Crippen LogP contribution < -0.4 is 10.1 Å². The number of methoxy groups -OCH3 is 1. The summed E-state index contributed by atoms with van der Waals surface area (Å²) in [5.41, 5.74) is 0.888. The summed E-state index contributed by atoms with van der Waals surface area (Å²) in [6.07, 6.45) is 0.611. The van der Waals surface area contributed by atoms with Gasteiger partial charge in [0.05, 0.1) is 7.11 Å². The lowest BCUT2D eigenvalue weighted by Crippen LogP contribution is -2.43. The highest BCUT2D eigenvalue weighted by Gasteiger charge is 2.33. The van der Waals surface area contributed by atoms with Gasteiger partial charge < -0.3 is 10.1 Å². The molecule has 0 bridgehead atoms. The number of rotatable bonds is 6. The first-order valence-electron chi connectivity index (χ1n) is 9.17. The highest BCUT2D eigenvalue weighted by Crippen LogP contribution is 2.26. The number of halogens is 2. The Labute approximate surface area is 168 Å². The molecule has 1 heterocycles. The maximum absolute atomic E-state index is 13.9. The van der Waals surface area contributed by atoms with Crippen LogP contribution in [0.1, 0.15) is 18.4 Å². The topological polar surface area (TPSA) is 75.7 Å². The van der Waals surface area contributed by atoms with Crippen LogP contribution in [0.15, 0.2) is 47.4 Å². The molecule has 1 aliphatic heterocycles. The Morgan fingerprint density at radius 2 is 1.90 bits per heavy atom. The Morgan fingerprint density at radius 1 is 1.17 bits per heavy atom. The lowest BCUT2D eigenvalue weighted by Gasteiger charge is -2.30. The lowest BCUT2D eigenvalue weighted by atomic mass is 9.97. The van der Waals surface area contributed by atoms with E-state index in [-0.39, 0.29) is 24.9 Å². The monoisotopic (exact) mass is 424 g/mol. The SMILES string of the molecule is COc1cccc(CNC(=O)C2CCN(S(=O)(=O)c3cc(F)ccc3F)CC2)c1. The molecule has 0 saturated carbocycles. The number of sulfonamides is 1. The molecule has 0 spiro atoms. The molecular weight excluding hydrogens is 402 g/mol. The van der Waals surface area contributed by atoms with Crippen molar-refractivity contribution < 1.29 is 26.7 Å². The highest BCUT2D eigenvalue weighted by molar-refractivity contribution is 7.89. The fourth-order valence-electron chi connectivity index (χ4n) is 3.29. The molecule has 0 atom stereocenters. The van der Waals surface area contributed by atoms with Crippen LogP contribution in [0, 0.1) is 17.6 Å². The molecular formula is C20H22F2N2O4S. The summed E-state index contributed by atoms with van der Waals surface area (Å²) in [6.45, 7) is 0.466. The third kappa shape index (κ3) is 4.91. The van der Waals surface area contributed by atoms with Crippen LogP contribution in [0.4, 0.5) is 8.78 Å². The average molecular weight is 424 g/mol. The number of amides is 1. The summed E-state index contributed by atoms with van der Waals surface area (Å²) in [4.78, 5) is 11.7. The second-order valence-electron chi connectivity index (χ2n) is 6.82. The van der Waals surface area contributed by atoms with Gasteiger partial charge in [0.1, 0.15) is 22.3 Å². The number of benzene rings is 2. The Hall–Kier alpha value is -2.52. The molecule has 29 heavy (non-hydrogen) atoms. The summed E-state index contributed by atoms with van der Waals surface area (Å²) in [6, 6.07) is 9.67. The van der Waals surface area contributed by atoms with E-state index in [1.165, 1.54) is 0 Å². The molecule has 9 heteroatoms. The van der Waals surface area contributed by atoms with Gasteiger partial charge in [-0.3, -0.25) is 4.79 Å². The highest BCUT2D eigenvalue weighted by atomic mass is 32.2. The van der Waals surface area contributed by atoms with Gasteiger partial charge in [-0.05, 0) is 48.7 Å². The molecule has 6 nitrogen and oxygen atoms in total. The molecule has 156 valence electrons. The van der Waals surface area contributed by atoms with E-state index in [9.17, 15) is 22.0 Å². The number of ether oxygens (including phenoxy) is 1. The molecule has 0 aromatic heterocycles. The van der Waals surface area contributed by atoms with Crippen LogP contribution in [-0.4, -0.2) is 38.8 Å². The predicted octanol–water partition coefficient (Wildman–Crippen LogP) is 2.69. The van der Waals surface area contributed by atoms with Gasteiger partial charge in [0.25, 0.3) is 0 Å². The van der Waals surface area contributed by atoms with Crippen LogP contribution in [0.5, 0.6) is 5.75 Å². The van der Waals surface area contributed by atoms with Gasteiger partial charge in [-0.15, -0.1) is 0 Å². The largest absolute Gasteiger partial charge is 0.497 e. The Morgan fingerprint density at radius 3 is 2.59 bits per heavy atom. The van der Waals surface area contributed by atoms with Crippen molar-refractivity contribution in [2.24, 2.45) is 5.92 Å². The van der Waals surface area contributed by atoms with Crippen LogP contribution in [0.25, 0.3) is 0 Å². The van der Waals surface area contributed by atoms with E-state index in [1.807, 2.05) is 24.3 Å². The third-order valence-corrected chi connectivity index (χ3v) is 6.85. The van der Waals surface area contributed by atoms with Gasteiger partial charge in [0, 0.05) is 25.6 Å². The van der Waals surface area contributed by atoms with Crippen molar-refractivity contribution in [2.45, 2.75) is 24.3 Å². The van der Waals surface area contributed by atoms with E-state index in [4.69, 9.17) is 4.74 Å². The van der Waals surface area contributed by atoms with Crippen LogP contribution >= 0.6 is 0 Å². The van der Waals surface area contributed by atoms with Crippen molar-refractivity contribution in [3.05, 3.63) is 59.7 Å². The van der Waals surface area contributed by atoms with E-state index >= 15 is 0 Å². The van der Waals surface area contributed by atoms with Gasteiger partial charge in [0.2, 0.25) is 15.9 Å². The van der Waals surface area contributed by atoms with Crippen molar-refractivity contribution in [2.75, 3.05) is 20.2 Å². The van der Waals surface area contributed by atoms with E-state index in [0.29, 0.717) is 31.2 Å². The van der Waals surface area contributed by atoms with E-state index in [0.717, 1.165) is 22.0 Å². The van der Waals surface area contributed by atoms with Gasteiger partial charge in [-0.25, -0.2) is 17.2 Å². The van der Waals surface area contributed by atoms with Crippen LogP contribution in [0.3, 0.4) is 0 Å². The smallest absolute Gasteiger partial charge is 0.246 e. The number of nitrogens with one attached hydrogen (secondary N) is 1. The Balaban J connectivity index is 1.58. The van der Waals surface area contributed by atoms with Gasteiger partial charge in [0.15, 0.2) is 0 Å². The molecule has 0 aliphatic carbocycles. The summed E-state index contributed by atoms with van der Waals surface area (Å²) < 4.78 is 58.7. The second kappa shape index (κ2) is 8.87. The predicted molar refractivity (Wildman–Crippen MR) is 103 cm³/mol. The van der Waals surface area contributed by atoms with E-state index < -0.39 is 26.6 Å². The van der Waals surface area contributed by atoms with E-state index in [1.54, 1.807) is 7.11 Å². The fraction of sp³-hybridized carbons (Fsp3) is 0.350.